The Morgan fingerprint density at radius 3 is 2.57 bits per heavy atom. The summed E-state index contributed by atoms with van der Waals surface area (Å²) < 4.78 is 40.3. The van der Waals surface area contributed by atoms with Crippen molar-refractivity contribution < 1.29 is 23.0 Å². The molecule has 4 aliphatic heterocycles. The fourth-order valence-electron chi connectivity index (χ4n) is 7.65. The van der Waals surface area contributed by atoms with E-state index in [1.165, 1.54) is 30.9 Å². The maximum Gasteiger partial charge on any atom is 0.318 e. The second-order valence-corrected chi connectivity index (χ2v) is 13.0. The number of halogens is 3. The number of amides is 1. The quantitative estimate of drug-likeness (QED) is 0.310. The lowest BCUT2D eigenvalue weighted by Gasteiger charge is -2.38. The van der Waals surface area contributed by atoms with Crippen LogP contribution in [0.15, 0.2) is 42.2 Å². The van der Waals surface area contributed by atoms with E-state index >= 15 is 0 Å². The average Bonchev–Trinajstić information content (AvgIpc) is 3.67. The fourth-order valence-corrected chi connectivity index (χ4v) is 7.92. The van der Waals surface area contributed by atoms with Crippen molar-refractivity contribution in [1.29, 1.82) is 0 Å². The number of benzene rings is 2. The molecule has 3 fully saturated rings. The highest BCUT2D eigenvalue weighted by Gasteiger charge is 2.45. The lowest BCUT2D eigenvalue weighted by molar-refractivity contribution is -0.129. The first-order valence-corrected chi connectivity index (χ1v) is 16.5. The van der Waals surface area contributed by atoms with Crippen LogP contribution in [0.5, 0.6) is 6.01 Å². The van der Waals surface area contributed by atoms with Gasteiger partial charge in [0.1, 0.15) is 18.2 Å². The van der Waals surface area contributed by atoms with Crippen LogP contribution in [0.25, 0.3) is 10.8 Å². The number of carbonyl (C=O) groups is 1. The van der Waals surface area contributed by atoms with Gasteiger partial charge in [-0.15, -0.1) is 0 Å². The van der Waals surface area contributed by atoms with Crippen LogP contribution in [-0.2, 0) is 22.5 Å². The van der Waals surface area contributed by atoms with Gasteiger partial charge >= 0.3 is 6.01 Å². The van der Waals surface area contributed by atoms with E-state index in [0.29, 0.717) is 63.7 Å². The molecule has 0 atom stereocenters. The van der Waals surface area contributed by atoms with Gasteiger partial charge in [-0.2, -0.15) is 9.97 Å². The highest BCUT2D eigenvalue weighted by atomic mass is 35.5. The summed E-state index contributed by atoms with van der Waals surface area (Å²) in [5, 5.41) is 1.68. The molecule has 9 nitrogen and oxygen atoms in total. The first kappa shape index (κ1) is 31.1. The third-order valence-electron chi connectivity index (χ3n) is 10.1. The summed E-state index contributed by atoms with van der Waals surface area (Å²) in [5.41, 5.74) is 2.79. The fraction of sp³-hybridized carbons (Fsp3) is 0.500. The molecule has 5 heterocycles. The third-order valence-corrected chi connectivity index (χ3v) is 10.4. The van der Waals surface area contributed by atoms with Crippen LogP contribution in [0, 0.1) is 5.82 Å². The van der Waals surface area contributed by atoms with Gasteiger partial charge in [-0.05, 0) is 68.8 Å². The zero-order chi connectivity index (χ0) is 31.8. The first-order valence-electron chi connectivity index (χ1n) is 16.1. The van der Waals surface area contributed by atoms with Crippen molar-refractivity contribution in [2.24, 2.45) is 0 Å². The van der Waals surface area contributed by atoms with E-state index in [1.54, 1.807) is 6.07 Å². The SMILES string of the molecule is COC/C=C(\F)C(=O)N1CCN(c2nc(OCC34CCCN3CCC4)nc3c2CCN(c2cccc4ccc(F)c(Cl)c24)C3)CC1. The van der Waals surface area contributed by atoms with Crippen LogP contribution in [0.2, 0.25) is 5.02 Å². The molecule has 0 bridgehead atoms. The maximum atomic E-state index is 14.6. The first-order chi connectivity index (χ1) is 22.4. The number of nitrogens with zero attached hydrogens (tertiary/aromatic N) is 6. The molecule has 0 N–H and O–H groups in total. The summed E-state index contributed by atoms with van der Waals surface area (Å²) in [6, 6.07) is 9.37. The molecule has 0 aliphatic carbocycles. The van der Waals surface area contributed by atoms with E-state index in [1.807, 2.05) is 18.2 Å². The monoisotopic (exact) mass is 652 g/mol. The standard InChI is InChI=1S/C34H39ClF2N6O3/c1-45-20-10-26(37)32(44)41-18-16-40(17-19-41)31-24-9-15-42(28-6-2-5-23-7-8-25(36)30(35)29(23)28)21-27(24)38-33(39-31)46-22-34-11-3-13-43(34)14-4-12-34/h2,5-8,10H,3-4,9,11-22H2,1H3/b26-10-. The number of ether oxygens (including phenoxy) is 2. The third kappa shape index (κ3) is 5.77. The second kappa shape index (κ2) is 12.9. The number of fused-ring (bicyclic) bond motifs is 3. The van der Waals surface area contributed by atoms with Gasteiger partial charge in [0.05, 0.1) is 29.4 Å². The minimum atomic E-state index is -0.800. The maximum absolute atomic E-state index is 14.6. The van der Waals surface area contributed by atoms with Crippen molar-refractivity contribution in [3.8, 4) is 6.01 Å². The molecule has 3 aromatic rings. The average molecular weight is 653 g/mol. The molecule has 46 heavy (non-hydrogen) atoms. The van der Waals surface area contributed by atoms with Gasteiger partial charge in [-0.25, -0.2) is 8.78 Å². The van der Waals surface area contributed by atoms with E-state index in [4.69, 9.17) is 31.0 Å². The lowest BCUT2D eigenvalue weighted by Crippen LogP contribution is -2.50. The number of piperazine rings is 1. The Morgan fingerprint density at radius 2 is 1.80 bits per heavy atom. The van der Waals surface area contributed by atoms with Crippen molar-refractivity contribution in [1.82, 2.24) is 19.8 Å². The molecule has 0 saturated carbocycles. The molecule has 3 saturated heterocycles. The predicted molar refractivity (Wildman–Crippen MR) is 174 cm³/mol. The topological polar surface area (TPSA) is 74.3 Å². The molecule has 4 aliphatic rings. The van der Waals surface area contributed by atoms with Crippen LogP contribution in [-0.4, -0.2) is 97.4 Å². The summed E-state index contributed by atoms with van der Waals surface area (Å²) in [5.74, 6) is -1.07. The Kier molecular flexibility index (Phi) is 8.73. The number of anilines is 2. The minimum absolute atomic E-state index is 0.0433. The van der Waals surface area contributed by atoms with Crippen molar-refractivity contribution in [3.05, 3.63) is 64.3 Å². The molecule has 0 radical (unpaired) electrons. The van der Waals surface area contributed by atoms with Gasteiger partial charge in [0.15, 0.2) is 5.83 Å². The van der Waals surface area contributed by atoms with E-state index in [9.17, 15) is 13.6 Å². The van der Waals surface area contributed by atoms with Gasteiger partial charge in [0.25, 0.3) is 5.91 Å². The zero-order valence-electron chi connectivity index (χ0n) is 26.1. The van der Waals surface area contributed by atoms with Crippen molar-refractivity contribution in [2.75, 3.05) is 75.9 Å². The Morgan fingerprint density at radius 1 is 1.02 bits per heavy atom. The Balaban J connectivity index is 1.18. The van der Waals surface area contributed by atoms with E-state index in [-0.39, 0.29) is 17.2 Å². The van der Waals surface area contributed by atoms with E-state index < -0.39 is 17.6 Å². The smallest absolute Gasteiger partial charge is 0.318 e. The van der Waals surface area contributed by atoms with Gasteiger partial charge in [0, 0.05) is 56.5 Å². The van der Waals surface area contributed by atoms with Gasteiger partial charge in [0.2, 0.25) is 0 Å². The number of carbonyl (C=O) groups excluding carboxylic acids is 1. The lowest BCUT2D eigenvalue weighted by atomic mass is 9.95. The minimum Gasteiger partial charge on any atom is -0.461 e. The Hall–Kier alpha value is -3.54. The van der Waals surface area contributed by atoms with Gasteiger partial charge < -0.3 is 24.2 Å². The van der Waals surface area contributed by atoms with Crippen molar-refractivity contribution in [2.45, 2.75) is 44.2 Å². The molecule has 1 amide bonds. The zero-order valence-corrected chi connectivity index (χ0v) is 26.9. The predicted octanol–water partition coefficient (Wildman–Crippen LogP) is 5.14. The molecule has 2 aromatic carbocycles. The van der Waals surface area contributed by atoms with Crippen LogP contribution in [0.4, 0.5) is 20.3 Å². The summed E-state index contributed by atoms with van der Waals surface area (Å²) in [6.07, 6.45) is 6.40. The van der Waals surface area contributed by atoms with Gasteiger partial charge in [-0.3, -0.25) is 9.69 Å². The van der Waals surface area contributed by atoms with Crippen LogP contribution < -0.4 is 14.5 Å². The molecule has 0 spiro atoms. The molecular weight excluding hydrogens is 614 g/mol. The summed E-state index contributed by atoms with van der Waals surface area (Å²) >= 11 is 6.51. The van der Waals surface area contributed by atoms with Crippen LogP contribution in [0.3, 0.4) is 0 Å². The van der Waals surface area contributed by atoms with Crippen molar-refractivity contribution in [3.63, 3.8) is 0 Å². The van der Waals surface area contributed by atoms with E-state index in [2.05, 4.69) is 14.7 Å². The normalized spacial score (nSPS) is 19.9. The molecule has 0 unspecified atom stereocenters. The Labute approximate surface area is 272 Å². The molecular formula is C34H39ClF2N6O3. The highest BCUT2D eigenvalue weighted by Crippen LogP contribution is 2.40. The summed E-state index contributed by atoms with van der Waals surface area (Å²) in [4.78, 5) is 31.0. The largest absolute Gasteiger partial charge is 0.461 e. The number of hydrogen-bond acceptors (Lipinski definition) is 8. The summed E-state index contributed by atoms with van der Waals surface area (Å²) in [7, 11) is 1.46. The highest BCUT2D eigenvalue weighted by molar-refractivity contribution is 6.36. The molecule has 244 valence electrons. The second-order valence-electron chi connectivity index (χ2n) is 12.7. The number of methoxy groups -OCH3 is 1. The van der Waals surface area contributed by atoms with Crippen LogP contribution >= 0.6 is 11.6 Å². The number of aromatic nitrogens is 2. The Bertz CT molecular complexity index is 1650. The number of rotatable bonds is 8. The molecule has 12 heteroatoms. The molecule has 7 rings (SSSR count). The van der Waals surface area contributed by atoms with Gasteiger partial charge in [-0.1, -0.05) is 29.8 Å². The summed E-state index contributed by atoms with van der Waals surface area (Å²) in [6.45, 7) is 5.70. The number of hydrogen-bond donors (Lipinski definition) is 0. The van der Waals surface area contributed by atoms with E-state index in [0.717, 1.165) is 60.2 Å². The molecule has 1 aromatic heterocycles. The van der Waals surface area contributed by atoms with Crippen molar-refractivity contribution >= 4 is 39.8 Å². The van der Waals surface area contributed by atoms with Crippen LogP contribution in [0.1, 0.15) is 36.9 Å².